The lowest BCUT2D eigenvalue weighted by atomic mass is 10.2. The molecule has 0 saturated carbocycles. The van der Waals surface area contributed by atoms with E-state index in [9.17, 15) is 13.2 Å². The first-order valence-corrected chi connectivity index (χ1v) is 12.9. The first-order valence-electron chi connectivity index (χ1n) is 10.7. The standard InChI is InChI=1S/C25H27BrN2O4S/c1-3-4-16-32-24-15-10-20(26)17-23(24)25(29)27-21-11-13-22(14-12-21)33(30,31)28(2)18-19-8-6-5-7-9-19/h5-15,17H,3-4,16,18H2,1-2H3,(H,27,29). The summed E-state index contributed by atoms with van der Waals surface area (Å²) in [6.07, 6.45) is 1.89. The van der Waals surface area contributed by atoms with Gasteiger partial charge >= 0.3 is 0 Å². The second kappa shape index (κ2) is 11.4. The van der Waals surface area contributed by atoms with Crippen molar-refractivity contribution in [3.63, 3.8) is 0 Å². The van der Waals surface area contributed by atoms with Crippen LogP contribution in [0.3, 0.4) is 0 Å². The normalized spacial score (nSPS) is 11.4. The lowest BCUT2D eigenvalue weighted by Gasteiger charge is -2.17. The minimum absolute atomic E-state index is 0.157. The molecule has 0 saturated heterocycles. The maximum Gasteiger partial charge on any atom is 0.259 e. The zero-order valence-corrected chi connectivity index (χ0v) is 21.0. The highest BCUT2D eigenvalue weighted by molar-refractivity contribution is 9.10. The van der Waals surface area contributed by atoms with Crippen molar-refractivity contribution in [2.75, 3.05) is 19.0 Å². The molecule has 0 spiro atoms. The molecule has 3 aromatic rings. The molecule has 0 aromatic heterocycles. The second-order valence-corrected chi connectivity index (χ2v) is 10.5. The van der Waals surface area contributed by atoms with Crippen LogP contribution in [0.2, 0.25) is 0 Å². The third-order valence-electron chi connectivity index (χ3n) is 5.01. The molecule has 0 aliphatic heterocycles. The Morgan fingerprint density at radius 2 is 1.73 bits per heavy atom. The van der Waals surface area contributed by atoms with E-state index in [2.05, 4.69) is 28.2 Å². The van der Waals surface area contributed by atoms with Gasteiger partial charge in [-0.2, -0.15) is 4.31 Å². The van der Waals surface area contributed by atoms with E-state index < -0.39 is 10.0 Å². The summed E-state index contributed by atoms with van der Waals surface area (Å²) in [5.41, 5.74) is 1.79. The summed E-state index contributed by atoms with van der Waals surface area (Å²) in [6, 6.07) is 20.8. The molecule has 3 rings (SSSR count). The highest BCUT2D eigenvalue weighted by Gasteiger charge is 2.21. The zero-order valence-electron chi connectivity index (χ0n) is 18.6. The van der Waals surface area contributed by atoms with Gasteiger partial charge in [-0.1, -0.05) is 59.6 Å². The summed E-state index contributed by atoms with van der Waals surface area (Å²) in [5.74, 6) is 0.172. The highest BCUT2D eigenvalue weighted by Crippen LogP contribution is 2.25. The van der Waals surface area contributed by atoms with Crippen molar-refractivity contribution in [3.05, 3.63) is 88.4 Å². The van der Waals surface area contributed by atoms with Crippen LogP contribution in [0.4, 0.5) is 5.69 Å². The minimum atomic E-state index is -3.67. The Balaban J connectivity index is 1.71. The van der Waals surface area contributed by atoms with E-state index in [4.69, 9.17) is 4.74 Å². The number of halogens is 1. The fraction of sp³-hybridized carbons (Fsp3) is 0.240. The lowest BCUT2D eigenvalue weighted by Crippen LogP contribution is -2.26. The first kappa shape index (κ1) is 25.0. The predicted molar refractivity (Wildman–Crippen MR) is 134 cm³/mol. The van der Waals surface area contributed by atoms with Gasteiger partial charge in [0, 0.05) is 23.8 Å². The fourth-order valence-electron chi connectivity index (χ4n) is 3.15. The summed E-state index contributed by atoms with van der Waals surface area (Å²) >= 11 is 3.39. The highest BCUT2D eigenvalue weighted by atomic mass is 79.9. The zero-order chi connectivity index (χ0) is 23.8. The number of carbonyl (C=O) groups is 1. The molecule has 8 heteroatoms. The van der Waals surface area contributed by atoms with E-state index in [-0.39, 0.29) is 17.3 Å². The maximum atomic E-state index is 12.9. The van der Waals surface area contributed by atoms with Gasteiger partial charge in [0.1, 0.15) is 5.75 Å². The quantitative estimate of drug-likeness (QED) is 0.341. The van der Waals surface area contributed by atoms with Gasteiger partial charge in [0.15, 0.2) is 0 Å². The summed E-state index contributed by atoms with van der Waals surface area (Å²) in [6.45, 7) is 2.87. The molecular formula is C25H27BrN2O4S. The Morgan fingerprint density at radius 1 is 1.03 bits per heavy atom. The molecule has 0 radical (unpaired) electrons. The van der Waals surface area contributed by atoms with Crippen LogP contribution in [-0.4, -0.2) is 32.3 Å². The van der Waals surface area contributed by atoms with E-state index in [1.165, 1.54) is 16.4 Å². The number of hydrogen-bond donors (Lipinski definition) is 1. The van der Waals surface area contributed by atoms with Gasteiger partial charge in [-0.05, 0) is 54.4 Å². The molecule has 174 valence electrons. The average Bonchev–Trinajstić information content (AvgIpc) is 2.81. The Bertz CT molecular complexity index is 1180. The number of benzene rings is 3. The molecule has 33 heavy (non-hydrogen) atoms. The Labute approximate surface area is 203 Å². The van der Waals surface area contributed by atoms with Gasteiger partial charge < -0.3 is 10.1 Å². The minimum Gasteiger partial charge on any atom is -0.493 e. The summed E-state index contributed by atoms with van der Waals surface area (Å²) in [5, 5.41) is 2.82. The van der Waals surface area contributed by atoms with E-state index in [1.807, 2.05) is 36.4 Å². The summed E-state index contributed by atoms with van der Waals surface area (Å²) < 4.78 is 33.7. The monoisotopic (exact) mass is 530 g/mol. The van der Waals surface area contributed by atoms with E-state index in [0.29, 0.717) is 23.6 Å². The summed E-state index contributed by atoms with van der Waals surface area (Å²) in [7, 11) is -2.12. The van der Waals surface area contributed by atoms with Gasteiger partial charge in [-0.15, -0.1) is 0 Å². The molecule has 6 nitrogen and oxygen atoms in total. The summed E-state index contributed by atoms with van der Waals surface area (Å²) in [4.78, 5) is 13.0. The number of ether oxygens (including phenoxy) is 1. The topological polar surface area (TPSA) is 75.7 Å². The van der Waals surface area contributed by atoms with Gasteiger partial charge in [-0.3, -0.25) is 4.79 Å². The number of unbranched alkanes of at least 4 members (excludes halogenated alkanes) is 1. The molecule has 1 amide bonds. The number of hydrogen-bond acceptors (Lipinski definition) is 4. The Morgan fingerprint density at radius 3 is 2.39 bits per heavy atom. The van der Waals surface area contributed by atoms with Crippen LogP contribution in [0, 0.1) is 0 Å². The smallest absolute Gasteiger partial charge is 0.259 e. The molecule has 0 atom stereocenters. The molecule has 0 bridgehead atoms. The van der Waals surface area contributed by atoms with Gasteiger partial charge in [0.25, 0.3) is 5.91 Å². The fourth-order valence-corrected chi connectivity index (χ4v) is 4.67. The van der Waals surface area contributed by atoms with Crippen molar-refractivity contribution in [3.8, 4) is 5.75 Å². The average molecular weight is 531 g/mol. The van der Waals surface area contributed by atoms with E-state index in [0.717, 1.165) is 22.9 Å². The number of sulfonamides is 1. The van der Waals surface area contributed by atoms with Gasteiger partial charge in [0.05, 0.1) is 17.1 Å². The first-order chi connectivity index (χ1) is 15.8. The number of rotatable bonds is 10. The third kappa shape index (κ3) is 6.66. The van der Waals surface area contributed by atoms with Crippen LogP contribution < -0.4 is 10.1 Å². The second-order valence-electron chi connectivity index (χ2n) is 7.57. The van der Waals surface area contributed by atoms with Crippen molar-refractivity contribution >= 4 is 37.5 Å². The number of nitrogens with one attached hydrogen (secondary N) is 1. The van der Waals surface area contributed by atoms with E-state index >= 15 is 0 Å². The number of amides is 1. The van der Waals surface area contributed by atoms with Crippen LogP contribution in [-0.2, 0) is 16.6 Å². The molecular weight excluding hydrogens is 504 g/mol. The van der Waals surface area contributed by atoms with Gasteiger partial charge in [0.2, 0.25) is 10.0 Å². The molecule has 0 unspecified atom stereocenters. The molecule has 0 heterocycles. The van der Waals surface area contributed by atoms with Crippen molar-refractivity contribution in [2.45, 2.75) is 31.2 Å². The Hall–Kier alpha value is -2.68. The molecule has 1 N–H and O–H groups in total. The van der Waals surface area contributed by atoms with Gasteiger partial charge in [-0.25, -0.2) is 8.42 Å². The number of anilines is 1. The molecule has 0 aliphatic rings. The van der Waals surface area contributed by atoms with Crippen LogP contribution in [0.15, 0.2) is 82.2 Å². The lowest BCUT2D eigenvalue weighted by molar-refractivity contribution is 0.102. The molecule has 3 aromatic carbocycles. The van der Waals surface area contributed by atoms with Crippen molar-refractivity contribution in [1.82, 2.24) is 4.31 Å². The Kier molecular flexibility index (Phi) is 8.66. The van der Waals surface area contributed by atoms with Crippen LogP contribution >= 0.6 is 15.9 Å². The van der Waals surface area contributed by atoms with E-state index in [1.54, 1.807) is 31.3 Å². The van der Waals surface area contributed by atoms with Crippen molar-refractivity contribution in [2.24, 2.45) is 0 Å². The maximum absolute atomic E-state index is 12.9. The van der Waals surface area contributed by atoms with Crippen molar-refractivity contribution < 1.29 is 17.9 Å². The number of nitrogens with zero attached hydrogens (tertiary/aromatic N) is 1. The molecule has 0 fully saturated rings. The SMILES string of the molecule is CCCCOc1ccc(Br)cc1C(=O)Nc1ccc(S(=O)(=O)N(C)Cc2ccccc2)cc1. The predicted octanol–water partition coefficient (Wildman–Crippen LogP) is 5.70. The van der Waals surface area contributed by atoms with Crippen LogP contribution in [0.5, 0.6) is 5.75 Å². The number of carbonyl (C=O) groups excluding carboxylic acids is 1. The third-order valence-corrected chi connectivity index (χ3v) is 7.32. The largest absolute Gasteiger partial charge is 0.493 e. The van der Waals surface area contributed by atoms with Crippen molar-refractivity contribution in [1.29, 1.82) is 0 Å². The van der Waals surface area contributed by atoms with Crippen LogP contribution in [0.1, 0.15) is 35.7 Å². The molecule has 0 aliphatic carbocycles. The van der Waals surface area contributed by atoms with Crippen LogP contribution in [0.25, 0.3) is 0 Å².